The number of allylic oxidation sites excluding steroid dienone is 4. The first-order valence-corrected chi connectivity index (χ1v) is 7.66. The zero-order valence-electron chi connectivity index (χ0n) is 11.9. The summed E-state index contributed by atoms with van der Waals surface area (Å²) in [5.41, 5.74) is -1.08. The normalized spacial score (nSPS) is 20.7. The maximum absolute atomic E-state index is 12.9. The van der Waals surface area contributed by atoms with E-state index in [0.717, 1.165) is 6.08 Å². The second-order valence-corrected chi connectivity index (χ2v) is 6.25. The van der Waals surface area contributed by atoms with Gasteiger partial charge in [-0.05, 0) is 36.8 Å². The Labute approximate surface area is 142 Å². The molecule has 24 heavy (non-hydrogen) atoms. The van der Waals surface area contributed by atoms with E-state index in [1.165, 1.54) is 12.1 Å². The maximum atomic E-state index is 12.9. The molecule has 0 bridgehead atoms. The van der Waals surface area contributed by atoms with E-state index in [0.29, 0.717) is 15.4 Å². The van der Waals surface area contributed by atoms with E-state index in [1.54, 1.807) is 12.1 Å². The SMILES string of the molecule is O=C1C(=O)N(C(=O)c2ccc(Br)cc2)C2=CC(C(F)(F)F)=CCC12. The molecule has 1 aromatic rings. The van der Waals surface area contributed by atoms with Crippen LogP contribution in [0.4, 0.5) is 13.2 Å². The van der Waals surface area contributed by atoms with Crippen LogP contribution in [-0.4, -0.2) is 28.7 Å². The first kappa shape index (κ1) is 16.6. The van der Waals surface area contributed by atoms with Gasteiger partial charge in [0.25, 0.3) is 5.91 Å². The van der Waals surface area contributed by atoms with Crippen LogP contribution < -0.4 is 0 Å². The number of ketones is 1. The van der Waals surface area contributed by atoms with Gasteiger partial charge in [0.2, 0.25) is 5.78 Å². The lowest BCUT2D eigenvalue weighted by atomic mass is 9.92. The molecule has 0 N–H and O–H groups in total. The van der Waals surface area contributed by atoms with Crippen LogP contribution >= 0.6 is 15.9 Å². The number of nitrogens with zero attached hydrogens (tertiary/aromatic N) is 1. The molecule has 0 aromatic heterocycles. The molecule has 1 atom stereocenters. The quantitative estimate of drug-likeness (QED) is 0.537. The van der Waals surface area contributed by atoms with E-state index in [9.17, 15) is 27.6 Å². The van der Waals surface area contributed by atoms with Crippen LogP contribution in [0.1, 0.15) is 16.8 Å². The Morgan fingerprint density at radius 1 is 1.17 bits per heavy atom. The number of rotatable bonds is 1. The number of halogens is 4. The summed E-state index contributed by atoms with van der Waals surface area (Å²) in [5.74, 6) is -3.83. The van der Waals surface area contributed by atoms with Gasteiger partial charge in [-0.15, -0.1) is 0 Å². The number of hydrogen-bond acceptors (Lipinski definition) is 3. The van der Waals surface area contributed by atoms with Crippen LogP contribution in [0.15, 0.2) is 52.2 Å². The van der Waals surface area contributed by atoms with Crippen molar-refractivity contribution in [1.29, 1.82) is 0 Å². The Hall–Kier alpha value is -2.22. The van der Waals surface area contributed by atoms with Gasteiger partial charge in [-0.2, -0.15) is 13.2 Å². The second-order valence-electron chi connectivity index (χ2n) is 5.33. The van der Waals surface area contributed by atoms with E-state index in [1.807, 2.05) is 0 Å². The van der Waals surface area contributed by atoms with Gasteiger partial charge < -0.3 is 0 Å². The molecule has 1 aromatic carbocycles. The minimum atomic E-state index is -4.61. The lowest BCUT2D eigenvalue weighted by Crippen LogP contribution is -2.33. The highest BCUT2D eigenvalue weighted by atomic mass is 79.9. The van der Waals surface area contributed by atoms with Crippen molar-refractivity contribution in [3.8, 4) is 0 Å². The third-order valence-electron chi connectivity index (χ3n) is 3.84. The number of alkyl halides is 3. The number of benzene rings is 1. The molecule has 124 valence electrons. The number of Topliss-reactive ketones (excluding diaryl/α,β-unsaturated/α-hetero) is 1. The summed E-state index contributed by atoms with van der Waals surface area (Å²) >= 11 is 3.19. The van der Waals surface area contributed by atoms with Crippen LogP contribution in [0.2, 0.25) is 0 Å². The minimum absolute atomic E-state index is 0.101. The van der Waals surface area contributed by atoms with Crippen molar-refractivity contribution in [3.63, 3.8) is 0 Å². The highest BCUT2D eigenvalue weighted by Crippen LogP contribution is 2.39. The highest BCUT2D eigenvalue weighted by molar-refractivity contribution is 9.10. The van der Waals surface area contributed by atoms with Gasteiger partial charge in [0, 0.05) is 15.7 Å². The van der Waals surface area contributed by atoms with E-state index in [2.05, 4.69) is 15.9 Å². The molecule has 0 radical (unpaired) electrons. The van der Waals surface area contributed by atoms with E-state index in [-0.39, 0.29) is 17.7 Å². The standard InChI is InChI=1S/C16H9BrF3NO3/c17-10-4-1-8(2-5-10)14(23)21-12-7-9(16(18,19)20)3-6-11(12)13(22)15(21)24/h1-5,7,11H,6H2. The highest BCUT2D eigenvalue weighted by Gasteiger charge is 2.49. The fraction of sp³-hybridized carbons (Fsp3) is 0.188. The number of amides is 2. The average Bonchev–Trinajstić information content (AvgIpc) is 2.78. The monoisotopic (exact) mass is 399 g/mol. The number of hydrogen-bond donors (Lipinski definition) is 0. The van der Waals surface area contributed by atoms with Gasteiger partial charge in [-0.3, -0.25) is 14.4 Å². The molecule has 0 spiro atoms. The summed E-state index contributed by atoms with van der Waals surface area (Å²) in [7, 11) is 0. The second kappa shape index (κ2) is 5.70. The smallest absolute Gasteiger partial charge is 0.288 e. The lowest BCUT2D eigenvalue weighted by molar-refractivity contribution is -0.139. The lowest BCUT2D eigenvalue weighted by Gasteiger charge is -2.22. The molecule has 2 aliphatic rings. The Morgan fingerprint density at radius 2 is 1.79 bits per heavy atom. The van der Waals surface area contributed by atoms with Crippen molar-refractivity contribution in [2.45, 2.75) is 12.6 Å². The van der Waals surface area contributed by atoms with Crippen LogP contribution in [0.5, 0.6) is 0 Å². The summed E-state index contributed by atoms with van der Waals surface area (Å²) in [6.45, 7) is 0. The van der Waals surface area contributed by atoms with Gasteiger partial charge in [0.1, 0.15) is 0 Å². The van der Waals surface area contributed by atoms with Crippen LogP contribution in [0.25, 0.3) is 0 Å². The zero-order chi connectivity index (χ0) is 17.6. The van der Waals surface area contributed by atoms with Crippen molar-refractivity contribution in [2.75, 3.05) is 0 Å². The van der Waals surface area contributed by atoms with Crippen molar-refractivity contribution >= 4 is 33.5 Å². The first-order valence-electron chi connectivity index (χ1n) is 6.87. The van der Waals surface area contributed by atoms with Crippen molar-refractivity contribution in [3.05, 3.63) is 57.7 Å². The van der Waals surface area contributed by atoms with Gasteiger partial charge in [-0.25, -0.2) is 4.90 Å². The van der Waals surface area contributed by atoms with Gasteiger partial charge in [0.05, 0.1) is 11.5 Å². The molecule has 1 fully saturated rings. The molecule has 3 rings (SSSR count). The van der Waals surface area contributed by atoms with Crippen molar-refractivity contribution in [2.24, 2.45) is 5.92 Å². The molecule has 8 heteroatoms. The summed E-state index contributed by atoms with van der Waals surface area (Å²) in [6.07, 6.45) is -3.30. The van der Waals surface area contributed by atoms with Crippen LogP contribution in [0, 0.1) is 5.92 Å². The minimum Gasteiger partial charge on any atom is -0.288 e. The number of carbonyl (C=O) groups excluding carboxylic acids is 3. The molecule has 1 aliphatic carbocycles. The summed E-state index contributed by atoms with van der Waals surface area (Å²) in [5, 5.41) is 0. The Bertz CT molecular complexity index is 809. The Kier molecular flexibility index (Phi) is 3.95. The maximum Gasteiger partial charge on any atom is 0.416 e. The van der Waals surface area contributed by atoms with Crippen LogP contribution in [0.3, 0.4) is 0 Å². The van der Waals surface area contributed by atoms with E-state index < -0.39 is 35.3 Å². The number of carbonyl (C=O) groups is 3. The van der Waals surface area contributed by atoms with Gasteiger partial charge >= 0.3 is 12.1 Å². The fourth-order valence-corrected chi connectivity index (χ4v) is 2.92. The summed E-state index contributed by atoms with van der Waals surface area (Å²) in [6, 6.07) is 5.95. The Morgan fingerprint density at radius 3 is 2.38 bits per heavy atom. The predicted octanol–water partition coefficient (Wildman–Crippen LogP) is 3.39. The molecular formula is C16H9BrF3NO3. The van der Waals surface area contributed by atoms with Crippen molar-refractivity contribution < 1.29 is 27.6 Å². The summed E-state index contributed by atoms with van der Waals surface area (Å²) < 4.78 is 39.4. The summed E-state index contributed by atoms with van der Waals surface area (Å²) in [4.78, 5) is 37.2. The average molecular weight is 400 g/mol. The number of imide groups is 1. The predicted molar refractivity (Wildman–Crippen MR) is 80.7 cm³/mol. The van der Waals surface area contributed by atoms with E-state index in [4.69, 9.17) is 0 Å². The van der Waals surface area contributed by atoms with Gasteiger partial charge in [-0.1, -0.05) is 22.0 Å². The van der Waals surface area contributed by atoms with Crippen LogP contribution in [-0.2, 0) is 9.59 Å². The topological polar surface area (TPSA) is 54.5 Å². The zero-order valence-corrected chi connectivity index (χ0v) is 13.5. The van der Waals surface area contributed by atoms with Gasteiger partial charge in [0.15, 0.2) is 0 Å². The Balaban J connectivity index is 2.03. The largest absolute Gasteiger partial charge is 0.416 e. The molecular weight excluding hydrogens is 391 g/mol. The molecule has 1 unspecified atom stereocenters. The molecule has 2 amide bonds. The third kappa shape index (κ3) is 2.71. The number of likely N-dealkylation sites (tertiary alicyclic amines) is 1. The molecule has 0 saturated carbocycles. The van der Waals surface area contributed by atoms with Crippen molar-refractivity contribution in [1.82, 2.24) is 4.90 Å². The molecule has 1 saturated heterocycles. The first-order chi connectivity index (χ1) is 11.2. The number of fused-ring (bicyclic) bond motifs is 1. The molecule has 1 aliphatic heterocycles. The third-order valence-corrected chi connectivity index (χ3v) is 4.37. The molecule has 4 nitrogen and oxygen atoms in total. The molecule has 1 heterocycles. The van der Waals surface area contributed by atoms with E-state index >= 15 is 0 Å². The fourth-order valence-electron chi connectivity index (χ4n) is 2.65.